The van der Waals surface area contributed by atoms with Crippen LogP contribution in [0.2, 0.25) is 0 Å². The van der Waals surface area contributed by atoms with Gasteiger partial charge in [0.2, 0.25) is 5.91 Å². The number of nitrogens with one attached hydrogen (secondary N) is 1. The smallest absolute Gasteiger partial charge is 0.239 e. The molecule has 1 saturated carbocycles. The second-order valence-corrected chi connectivity index (χ2v) is 5.93. The van der Waals surface area contributed by atoms with Crippen molar-refractivity contribution in [1.29, 1.82) is 5.26 Å². The molecule has 3 nitrogen and oxygen atoms in total. The average molecular weight is 226 g/mol. The number of carbonyl (C=O) groups excluding carboxylic acids is 1. The van der Waals surface area contributed by atoms with Gasteiger partial charge >= 0.3 is 0 Å². The van der Waals surface area contributed by atoms with E-state index in [1.807, 2.05) is 17.8 Å². The van der Waals surface area contributed by atoms with Crippen LogP contribution < -0.4 is 5.32 Å². The molecule has 84 valence electrons. The van der Waals surface area contributed by atoms with E-state index in [0.717, 1.165) is 0 Å². The first kappa shape index (κ1) is 12.4. The van der Waals surface area contributed by atoms with E-state index in [1.165, 1.54) is 19.3 Å². The van der Waals surface area contributed by atoms with Gasteiger partial charge in [0.25, 0.3) is 0 Å². The van der Waals surface area contributed by atoms with Crippen LogP contribution in [0.1, 0.15) is 33.1 Å². The molecule has 0 radical (unpaired) electrons. The van der Waals surface area contributed by atoms with Gasteiger partial charge in [-0.3, -0.25) is 4.79 Å². The Bertz CT molecular complexity index is 284. The Morgan fingerprint density at radius 1 is 1.60 bits per heavy atom. The van der Waals surface area contributed by atoms with Crippen LogP contribution in [-0.4, -0.2) is 23.5 Å². The maximum absolute atomic E-state index is 11.7. The number of hydrogen-bond donors (Lipinski definition) is 1. The monoisotopic (exact) mass is 226 g/mol. The predicted molar refractivity (Wildman–Crippen MR) is 62.5 cm³/mol. The van der Waals surface area contributed by atoms with Gasteiger partial charge in [-0.15, -0.1) is 0 Å². The second kappa shape index (κ2) is 4.44. The Hall–Kier alpha value is -0.690. The van der Waals surface area contributed by atoms with E-state index in [-0.39, 0.29) is 10.7 Å². The highest BCUT2D eigenvalue weighted by molar-refractivity contribution is 8.00. The summed E-state index contributed by atoms with van der Waals surface area (Å²) in [7, 11) is 0. The number of rotatable bonds is 4. The minimum atomic E-state index is -0.913. The van der Waals surface area contributed by atoms with Gasteiger partial charge in [0.15, 0.2) is 0 Å². The van der Waals surface area contributed by atoms with Gasteiger partial charge in [-0.2, -0.15) is 17.0 Å². The fourth-order valence-corrected chi connectivity index (χ4v) is 2.45. The van der Waals surface area contributed by atoms with Crippen molar-refractivity contribution in [3.63, 3.8) is 0 Å². The lowest BCUT2D eigenvalue weighted by Gasteiger charge is -2.40. The number of nitrogens with zero attached hydrogens (tertiary/aromatic N) is 1. The normalized spacial score (nSPS) is 18.8. The Balaban J connectivity index is 2.44. The largest absolute Gasteiger partial charge is 0.353 e. The van der Waals surface area contributed by atoms with E-state index in [2.05, 4.69) is 11.6 Å². The van der Waals surface area contributed by atoms with Crippen molar-refractivity contribution in [2.24, 2.45) is 5.41 Å². The van der Waals surface area contributed by atoms with E-state index in [4.69, 9.17) is 5.26 Å². The van der Waals surface area contributed by atoms with E-state index in [0.29, 0.717) is 6.54 Å². The molecule has 0 aromatic heterocycles. The maximum Gasteiger partial charge on any atom is 0.239 e. The first-order chi connectivity index (χ1) is 6.96. The molecular weight excluding hydrogens is 208 g/mol. The third kappa shape index (κ3) is 2.66. The van der Waals surface area contributed by atoms with Gasteiger partial charge in [-0.1, -0.05) is 6.42 Å². The second-order valence-electron chi connectivity index (χ2n) is 4.66. The SMILES string of the molecule is CSC1(CNC(=O)C(C)(C)C#N)CCC1. The van der Waals surface area contributed by atoms with Crippen LogP contribution in [0.4, 0.5) is 0 Å². The van der Waals surface area contributed by atoms with Crippen LogP contribution in [0.5, 0.6) is 0 Å². The predicted octanol–water partition coefficient (Wildman–Crippen LogP) is 1.94. The summed E-state index contributed by atoms with van der Waals surface area (Å²) in [4.78, 5) is 11.7. The van der Waals surface area contributed by atoms with Crippen molar-refractivity contribution in [2.45, 2.75) is 37.9 Å². The summed E-state index contributed by atoms with van der Waals surface area (Å²) in [5, 5.41) is 11.7. The molecule has 1 aliphatic rings. The molecule has 4 heteroatoms. The Labute approximate surface area is 95.6 Å². The molecule has 0 saturated heterocycles. The molecule has 0 unspecified atom stereocenters. The highest BCUT2D eigenvalue weighted by Crippen LogP contribution is 2.42. The van der Waals surface area contributed by atoms with Crippen molar-refractivity contribution >= 4 is 17.7 Å². The van der Waals surface area contributed by atoms with E-state index in [9.17, 15) is 4.79 Å². The van der Waals surface area contributed by atoms with Crippen LogP contribution in [0.25, 0.3) is 0 Å². The van der Waals surface area contributed by atoms with Gasteiger partial charge in [0.1, 0.15) is 5.41 Å². The maximum atomic E-state index is 11.7. The number of amides is 1. The van der Waals surface area contributed by atoms with Crippen molar-refractivity contribution in [3.8, 4) is 6.07 Å². The zero-order chi connectivity index (χ0) is 11.5. The molecule has 0 aliphatic heterocycles. The lowest BCUT2D eigenvalue weighted by molar-refractivity contribution is -0.127. The molecule has 1 N–H and O–H groups in total. The Morgan fingerprint density at radius 3 is 2.53 bits per heavy atom. The summed E-state index contributed by atoms with van der Waals surface area (Å²) in [5.74, 6) is -0.162. The van der Waals surface area contributed by atoms with Gasteiger partial charge in [0, 0.05) is 11.3 Å². The Morgan fingerprint density at radius 2 is 2.20 bits per heavy atom. The molecule has 0 atom stereocenters. The van der Waals surface area contributed by atoms with Gasteiger partial charge in [-0.25, -0.2) is 0 Å². The molecule has 0 aromatic carbocycles. The highest BCUT2D eigenvalue weighted by Gasteiger charge is 2.37. The van der Waals surface area contributed by atoms with Crippen molar-refractivity contribution in [2.75, 3.05) is 12.8 Å². The number of hydrogen-bond acceptors (Lipinski definition) is 3. The molecule has 0 heterocycles. The number of thioether (sulfide) groups is 1. The zero-order valence-electron chi connectivity index (χ0n) is 9.59. The van der Waals surface area contributed by atoms with Gasteiger partial charge in [-0.05, 0) is 32.9 Å². The first-order valence-electron chi connectivity index (χ1n) is 5.20. The molecule has 1 rings (SSSR count). The quantitative estimate of drug-likeness (QED) is 0.797. The molecule has 1 amide bonds. The van der Waals surface area contributed by atoms with Crippen LogP contribution in [0.15, 0.2) is 0 Å². The third-order valence-electron chi connectivity index (χ3n) is 3.12. The molecule has 0 bridgehead atoms. The molecule has 0 spiro atoms. The number of nitriles is 1. The summed E-state index contributed by atoms with van der Waals surface area (Å²) >= 11 is 1.82. The Kier molecular flexibility index (Phi) is 3.67. The lowest BCUT2D eigenvalue weighted by atomic mass is 9.83. The van der Waals surface area contributed by atoms with Gasteiger partial charge in [0.05, 0.1) is 6.07 Å². The molecule has 1 fully saturated rings. The molecular formula is C11H18N2OS. The average Bonchev–Trinajstić information content (AvgIpc) is 2.16. The van der Waals surface area contributed by atoms with Crippen LogP contribution in [0.3, 0.4) is 0 Å². The van der Waals surface area contributed by atoms with E-state index >= 15 is 0 Å². The fraction of sp³-hybridized carbons (Fsp3) is 0.818. The topological polar surface area (TPSA) is 52.9 Å². The van der Waals surface area contributed by atoms with Crippen molar-refractivity contribution in [1.82, 2.24) is 5.32 Å². The number of carbonyl (C=O) groups is 1. The van der Waals surface area contributed by atoms with E-state index < -0.39 is 5.41 Å². The first-order valence-corrected chi connectivity index (χ1v) is 6.43. The van der Waals surface area contributed by atoms with Crippen molar-refractivity contribution < 1.29 is 4.79 Å². The minimum absolute atomic E-state index is 0.162. The summed E-state index contributed by atoms with van der Waals surface area (Å²) in [6.45, 7) is 3.99. The summed E-state index contributed by atoms with van der Waals surface area (Å²) in [6.07, 6.45) is 5.67. The molecule has 1 aliphatic carbocycles. The summed E-state index contributed by atoms with van der Waals surface area (Å²) in [5.41, 5.74) is -0.913. The minimum Gasteiger partial charge on any atom is -0.353 e. The highest BCUT2D eigenvalue weighted by atomic mass is 32.2. The van der Waals surface area contributed by atoms with Crippen LogP contribution in [0, 0.1) is 16.7 Å². The third-order valence-corrected chi connectivity index (χ3v) is 4.53. The fourth-order valence-electron chi connectivity index (χ4n) is 1.54. The molecule has 15 heavy (non-hydrogen) atoms. The zero-order valence-corrected chi connectivity index (χ0v) is 10.4. The standard InChI is InChI=1S/C11H18N2OS/c1-10(2,7-12)9(14)13-8-11(15-3)5-4-6-11/h4-6,8H2,1-3H3,(H,13,14). The van der Waals surface area contributed by atoms with Crippen LogP contribution >= 0.6 is 11.8 Å². The van der Waals surface area contributed by atoms with Gasteiger partial charge < -0.3 is 5.32 Å². The lowest BCUT2D eigenvalue weighted by Crippen LogP contribution is -2.48. The van der Waals surface area contributed by atoms with Crippen LogP contribution in [-0.2, 0) is 4.79 Å². The summed E-state index contributed by atoms with van der Waals surface area (Å²) in [6, 6.07) is 2.01. The van der Waals surface area contributed by atoms with Crippen molar-refractivity contribution in [3.05, 3.63) is 0 Å². The van der Waals surface area contributed by atoms with E-state index in [1.54, 1.807) is 13.8 Å². The summed E-state index contributed by atoms with van der Waals surface area (Å²) < 4.78 is 0.237. The molecule has 0 aromatic rings.